The molecule has 5 unspecified atom stereocenters. The summed E-state index contributed by atoms with van der Waals surface area (Å²) < 4.78 is 0. The molecule has 1 aromatic rings. The third kappa shape index (κ3) is 10.3. The van der Waals surface area contributed by atoms with Gasteiger partial charge in [-0.2, -0.15) is 11.8 Å². The summed E-state index contributed by atoms with van der Waals surface area (Å²) >= 11 is 1.45. The maximum atomic E-state index is 13.1. The van der Waals surface area contributed by atoms with E-state index >= 15 is 0 Å². The van der Waals surface area contributed by atoms with E-state index in [9.17, 15) is 29.1 Å². The van der Waals surface area contributed by atoms with Crippen molar-refractivity contribution in [2.24, 2.45) is 17.4 Å². The van der Waals surface area contributed by atoms with E-state index < -0.39 is 53.8 Å². The quantitative estimate of drug-likeness (QED) is 0.136. The van der Waals surface area contributed by atoms with Crippen molar-refractivity contribution >= 4 is 41.4 Å². The molecule has 0 aliphatic heterocycles. The van der Waals surface area contributed by atoms with Gasteiger partial charge < -0.3 is 37.5 Å². The van der Waals surface area contributed by atoms with Gasteiger partial charge in [0, 0.05) is 18.3 Å². The molecular formula is C21H35N7O6S. The number of H-pyrrole nitrogens is 1. The molecule has 0 saturated heterocycles. The van der Waals surface area contributed by atoms with Crippen molar-refractivity contribution in [3.05, 3.63) is 18.2 Å². The van der Waals surface area contributed by atoms with Crippen LogP contribution in [0.3, 0.4) is 0 Å². The lowest BCUT2D eigenvalue weighted by atomic mass is 9.97. The topological polar surface area (TPSA) is 222 Å². The van der Waals surface area contributed by atoms with Crippen LogP contribution in [-0.2, 0) is 30.4 Å². The summed E-state index contributed by atoms with van der Waals surface area (Å²) in [5.41, 5.74) is 11.3. The van der Waals surface area contributed by atoms with Crippen LogP contribution in [0.15, 0.2) is 12.5 Å². The molecule has 0 aliphatic rings. The second-order valence-corrected chi connectivity index (χ2v) is 9.16. The van der Waals surface area contributed by atoms with Crippen molar-refractivity contribution in [1.29, 1.82) is 0 Å². The highest BCUT2D eigenvalue weighted by molar-refractivity contribution is 7.98. The van der Waals surface area contributed by atoms with Crippen LogP contribution in [0.5, 0.6) is 0 Å². The molecule has 0 aromatic carbocycles. The summed E-state index contributed by atoms with van der Waals surface area (Å²) in [7, 11) is 0. The van der Waals surface area contributed by atoms with Crippen LogP contribution in [0.4, 0.5) is 0 Å². The zero-order valence-electron chi connectivity index (χ0n) is 20.1. The number of rotatable bonds is 16. The minimum Gasteiger partial charge on any atom is -0.480 e. The molecule has 0 aliphatic carbocycles. The van der Waals surface area contributed by atoms with Gasteiger partial charge in [0.05, 0.1) is 18.8 Å². The third-order valence-electron chi connectivity index (χ3n) is 5.39. The van der Waals surface area contributed by atoms with Crippen molar-refractivity contribution in [2.45, 2.75) is 63.7 Å². The van der Waals surface area contributed by atoms with Gasteiger partial charge in [-0.15, -0.1) is 0 Å². The van der Waals surface area contributed by atoms with Crippen LogP contribution in [0.25, 0.3) is 0 Å². The number of nitrogens with one attached hydrogen (secondary N) is 4. The molecule has 0 spiro atoms. The molecule has 0 saturated carbocycles. The maximum Gasteiger partial charge on any atom is 0.326 e. The Labute approximate surface area is 207 Å². The Morgan fingerprint density at radius 1 is 1.11 bits per heavy atom. The fourth-order valence-electron chi connectivity index (χ4n) is 3.13. The molecule has 1 aromatic heterocycles. The molecule has 0 bridgehead atoms. The molecule has 196 valence electrons. The van der Waals surface area contributed by atoms with Gasteiger partial charge in [-0.3, -0.25) is 19.2 Å². The third-order valence-corrected chi connectivity index (χ3v) is 6.03. The van der Waals surface area contributed by atoms with Crippen molar-refractivity contribution < 1.29 is 29.1 Å². The number of aromatic nitrogens is 2. The molecule has 35 heavy (non-hydrogen) atoms. The van der Waals surface area contributed by atoms with Gasteiger partial charge in [-0.05, 0) is 24.3 Å². The number of aliphatic carboxylic acids is 1. The first-order valence-corrected chi connectivity index (χ1v) is 12.5. The summed E-state index contributed by atoms with van der Waals surface area (Å²) in [6.07, 6.45) is 5.04. The highest BCUT2D eigenvalue weighted by Gasteiger charge is 2.32. The van der Waals surface area contributed by atoms with E-state index in [0.29, 0.717) is 17.9 Å². The van der Waals surface area contributed by atoms with Crippen LogP contribution in [0.2, 0.25) is 0 Å². The Balaban J connectivity index is 2.98. The number of imidazole rings is 1. The second-order valence-electron chi connectivity index (χ2n) is 8.17. The number of carbonyl (C=O) groups is 5. The Kier molecular flexibility index (Phi) is 12.8. The number of nitrogens with zero attached hydrogens (tertiary/aromatic N) is 1. The van der Waals surface area contributed by atoms with E-state index in [4.69, 9.17) is 11.5 Å². The average molecular weight is 514 g/mol. The highest BCUT2D eigenvalue weighted by atomic mass is 32.2. The number of carbonyl (C=O) groups excluding carboxylic acids is 4. The van der Waals surface area contributed by atoms with E-state index in [1.165, 1.54) is 24.3 Å². The second kappa shape index (κ2) is 15.0. The van der Waals surface area contributed by atoms with Crippen LogP contribution >= 0.6 is 11.8 Å². The number of carboxylic acid groups (broad SMARTS) is 1. The van der Waals surface area contributed by atoms with E-state index in [-0.39, 0.29) is 25.2 Å². The van der Waals surface area contributed by atoms with E-state index in [1.54, 1.807) is 6.92 Å². The first kappa shape index (κ1) is 29.9. The van der Waals surface area contributed by atoms with E-state index in [0.717, 1.165) is 0 Å². The average Bonchev–Trinajstić information content (AvgIpc) is 3.31. The Hall–Kier alpha value is -3.13. The van der Waals surface area contributed by atoms with Gasteiger partial charge in [0.1, 0.15) is 18.1 Å². The highest BCUT2D eigenvalue weighted by Crippen LogP contribution is 2.11. The Morgan fingerprint density at radius 2 is 1.77 bits per heavy atom. The van der Waals surface area contributed by atoms with Gasteiger partial charge in [0.15, 0.2) is 0 Å². The van der Waals surface area contributed by atoms with Gasteiger partial charge in [0.25, 0.3) is 0 Å². The number of hydrogen-bond acceptors (Lipinski definition) is 8. The van der Waals surface area contributed by atoms with E-state index in [2.05, 4.69) is 25.9 Å². The summed E-state index contributed by atoms with van der Waals surface area (Å²) in [5, 5.41) is 17.2. The number of primary amides is 1. The molecule has 4 amide bonds. The number of aromatic amines is 1. The number of carboxylic acids is 1. The van der Waals surface area contributed by atoms with E-state index in [1.807, 2.05) is 13.2 Å². The minimum atomic E-state index is -1.24. The smallest absolute Gasteiger partial charge is 0.326 e. The molecule has 5 atom stereocenters. The first-order chi connectivity index (χ1) is 16.5. The summed E-state index contributed by atoms with van der Waals surface area (Å²) in [6, 6.07) is -4.53. The molecular weight excluding hydrogens is 478 g/mol. The molecule has 9 N–H and O–H groups in total. The van der Waals surface area contributed by atoms with Crippen LogP contribution < -0.4 is 27.4 Å². The molecule has 14 heteroatoms. The van der Waals surface area contributed by atoms with Gasteiger partial charge in [-0.25, -0.2) is 9.78 Å². The van der Waals surface area contributed by atoms with Crippen molar-refractivity contribution in [1.82, 2.24) is 25.9 Å². The fourth-order valence-corrected chi connectivity index (χ4v) is 3.60. The maximum absolute atomic E-state index is 13.1. The van der Waals surface area contributed by atoms with Crippen molar-refractivity contribution in [3.8, 4) is 0 Å². The molecule has 0 radical (unpaired) electrons. The molecule has 1 rings (SSSR count). The predicted octanol–water partition coefficient (Wildman–Crippen LogP) is -1.51. The SMILES string of the molecule is CCC(C)C(NC(=O)C(N)CC(N)=O)C(=O)NC(CCSC)C(=O)NC(Cc1cnc[nH]1)C(=O)O. The van der Waals surface area contributed by atoms with Gasteiger partial charge >= 0.3 is 5.97 Å². The number of hydrogen-bond donors (Lipinski definition) is 7. The monoisotopic (exact) mass is 513 g/mol. The lowest BCUT2D eigenvalue weighted by molar-refractivity contribution is -0.142. The summed E-state index contributed by atoms with van der Waals surface area (Å²) in [6.45, 7) is 3.57. The van der Waals surface area contributed by atoms with Crippen LogP contribution in [0, 0.1) is 5.92 Å². The largest absolute Gasteiger partial charge is 0.480 e. The van der Waals surface area contributed by atoms with Gasteiger partial charge in [-0.1, -0.05) is 20.3 Å². The lowest BCUT2D eigenvalue weighted by Crippen LogP contribution is -2.59. The van der Waals surface area contributed by atoms with Gasteiger partial charge in [0.2, 0.25) is 23.6 Å². The number of thioether (sulfide) groups is 1. The lowest BCUT2D eigenvalue weighted by Gasteiger charge is -2.27. The Morgan fingerprint density at radius 3 is 2.29 bits per heavy atom. The Bertz CT molecular complexity index is 866. The zero-order chi connectivity index (χ0) is 26.5. The normalized spacial score (nSPS) is 15.2. The predicted molar refractivity (Wildman–Crippen MR) is 130 cm³/mol. The first-order valence-electron chi connectivity index (χ1n) is 11.1. The number of nitrogens with two attached hydrogens (primary N) is 2. The zero-order valence-corrected chi connectivity index (χ0v) is 20.9. The van der Waals surface area contributed by atoms with Crippen LogP contribution in [-0.4, -0.2) is 80.8 Å². The number of amides is 4. The van der Waals surface area contributed by atoms with Crippen LogP contribution in [0.1, 0.15) is 38.8 Å². The summed E-state index contributed by atoms with van der Waals surface area (Å²) in [4.78, 5) is 67.8. The summed E-state index contributed by atoms with van der Waals surface area (Å²) in [5.74, 6) is -3.82. The minimum absolute atomic E-state index is 0.0203. The van der Waals surface area contributed by atoms with Crippen molar-refractivity contribution in [2.75, 3.05) is 12.0 Å². The fraction of sp³-hybridized carbons (Fsp3) is 0.619. The molecule has 13 nitrogen and oxygen atoms in total. The van der Waals surface area contributed by atoms with Crippen molar-refractivity contribution in [3.63, 3.8) is 0 Å². The molecule has 1 heterocycles. The standard InChI is InChI=1S/C21H35N7O6S/c1-4-11(2)17(28-18(30)13(22)8-16(23)29)20(32)26-14(5-6-35-3)19(31)27-15(21(33)34)7-12-9-24-10-25-12/h9-11,13-15,17H,4-8,22H2,1-3H3,(H2,23,29)(H,24,25)(H,26,32)(H,27,31)(H,28,30)(H,33,34). The molecule has 0 fully saturated rings.